The zero-order valence-electron chi connectivity index (χ0n) is 16.4. The van der Waals surface area contributed by atoms with E-state index in [1.807, 2.05) is 13.8 Å². The maximum Gasteiger partial charge on any atom is 0.437 e. The summed E-state index contributed by atoms with van der Waals surface area (Å²) < 4.78 is 10.3. The molecule has 1 N–H and O–H groups in total. The molecule has 140 valence electrons. The van der Waals surface area contributed by atoms with Crippen LogP contribution in [0.5, 0.6) is 0 Å². The first-order valence-electron chi connectivity index (χ1n) is 7.94. The summed E-state index contributed by atoms with van der Waals surface area (Å²) in [5.41, 5.74) is -1.29. The summed E-state index contributed by atoms with van der Waals surface area (Å²) in [6, 6.07) is 0. The number of hydrogen-bond acceptors (Lipinski definition) is 4. The van der Waals surface area contributed by atoms with Gasteiger partial charge in [0.05, 0.1) is 0 Å². The van der Waals surface area contributed by atoms with Gasteiger partial charge < -0.3 is 14.4 Å². The van der Waals surface area contributed by atoms with E-state index in [4.69, 9.17) is 9.47 Å². The number of guanidine groups is 1. The van der Waals surface area contributed by atoms with Crippen molar-refractivity contribution in [3.05, 3.63) is 13.2 Å². The molecule has 0 unspecified atom stereocenters. The van der Waals surface area contributed by atoms with Gasteiger partial charge in [0, 0.05) is 13.1 Å². The molecule has 0 radical (unpaired) electrons. The largest absolute Gasteiger partial charge is 0.444 e. The molecule has 7 nitrogen and oxygen atoms in total. The molecule has 7 heteroatoms. The summed E-state index contributed by atoms with van der Waals surface area (Å²) in [5.74, 6) is 0.119. The fourth-order valence-electron chi connectivity index (χ4n) is 1.47. The average Bonchev–Trinajstić information content (AvgIpc) is 2.37. The number of aliphatic imine (C=N–C) groups is 1. The molecule has 0 saturated carbocycles. The van der Waals surface area contributed by atoms with Crippen LogP contribution in [-0.4, -0.2) is 47.3 Å². The zero-order valence-corrected chi connectivity index (χ0v) is 16.4. The van der Waals surface area contributed by atoms with Crippen LogP contribution in [0.25, 0.3) is 0 Å². The highest BCUT2D eigenvalue weighted by Gasteiger charge is 2.22. The Labute approximate surface area is 146 Å². The van der Waals surface area contributed by atoms with E-state index >= 15 is 0 Å². The van der Waals surface area contributed by atoms with Crippen molar-refractivity contribution >= 4 is 18.1 Å². The average molecular weight is 343 g/mol. The van der Waals surface area contributed by atoms with Crippen LogP contribution in [0.4, 0.5) is 9.59 Å². The molecule has 0 aromatic heterocycles. The van der Waals surface area contributed by atoms with Crippen LogP contribution < -0.4 is 5.32 Å². The maximum absolute atomic E-state index is 11.9. The van der Waals surface area contributed by atoms with Crippen molar-refractivity contribution < 1.29 is 19.1 Å². The number of nitrogens with zero attached hydrogens (tertiary/aromatic N) is 2. The summed E-state index contributed by atoms with van der Waals surface area (Å²) in [7, 11) is 0. The van der Waals surface area contributed by atoms with Crippen LogP contribution in [0.1, 0.15) is 55.4 Å². The topological polar surface area (TPSA) is 80.2 Å². The molecule has 0 spiro atoms. The maximum atomic E-state index is 11.9. The Kier molecular flexibility index (Phi) is 10.8. The highest BCUT2D eigenvalue weighted by molar-refractivity contribution is 5.98. The Balaban J connectivity index is 0. The molecular weight excluding hydrogens is 310 g/mol. The van der Waals surface area contributed by atoms with Crippen LogP contribution in [0, 0.1) is 0 Å². The monoisotopic (exact) mass is 343 g/mol. The standard InChI is InChI=1S/C15H29N3O4.C2H4/c1-9-18(10-2)11(16-12(19)21-14(3,4)5)17-13(20)22-15(6,7)8;1-2/h9-10H2,1-8H3,(H,16,17,19,20);1-2H2. The van der Waals surface area contributed by atoms with Gasteiger partial charge in [0.15, 0.2) is 0 Å². The molecule has 0 aliphatic carbocycles. The number of ether oxygens (including phenoxy) is 2. The lowest BCUT2D eigenvalue weighted by atomic mass is 10.2. The quantitative estimate of drug-likeness (QED) is 0.466. The summed E-state index contributed by atoms with van der Waals surface area (Å²) >= 11 is 0. The van der Waals surface area contributed by atoms with E-state index in [-0.39, 0.29) is 5.96 Å². The fourth-order valence-corrected chi connectivity index (χ4v) is 1.47. The van der Waals surface area contributed by atoms with Gasteiger partial charge in [-0.15, -0.1) is 18.2 Å². The van der Waals surface area contributed by atoms with E-state index in [0.29, 0.717) is 13.1 Å². The number of carbonyl (C=O) groups is 2. The summed E-state index contributed by atoms with van der Waals surface area (Å²) in [4.78, 5) is 29.3. The smallest absolute Gasteiger partial charge is 0.437 e. The number of hydrogen-bond donors (Lipinski definition) is 1. The van der Waals surface area contributed by atoms with E-state index in [1.54, 1.807) is 46.4 Å². The molecule has 0 rings (SSSR count). The van der Waals surface area contributed by atoms with E-state index in [9.17, 15) is 9.59 Å². The van der Waals surface area contributed by atoms with Crippen LogP contribution >= 0.6 is 0 Å². The van der Waals surface area contributed by atoms with Crippen molar-refractivity contribution in [3.63, 3.8) is 0 Å². The molecule has 0 aliphatic heterocycles. The Morgan fingerprint density at radius 2 is 1.38 bits per heavy atom. The summed E-state index contributed by atoms with van der Waals surface area (Å²) in [6.07, 6.45) is -1.42. The number of alkyl carbamates (subject to hydrolysis) is 1. The second kappa shape index (κ2) is 10.7. The van der Waals surface area contributed by atoms with Crippen LogP contribution in [0.15, 0.2) is 18.2 Å². The third kappa shape index (κ3) is 12.5. The van der Waals surface area contributed by atoms with Gasteiger partial charge in [-0.1, -0.05) is 0 Å². The fraction of sp³-hybridized carbons (Fsp3) is 0.706. The van der Waals surface area contributed by atoms with Gasteiger partial charge in [-0.25, -0.2) is 9.59 Å². The molecule has 0 aromatic rings. The summed E-state index contributed by atoms with van der Waals surface area (Å²) in [5, 5.41) is 2.51. The lowest BCUT2D eigenvalue weighted by molar-refractivity contribution is 0.0555. The lowest BCUT2D eigenvalue weighted by Crippen LogP contribution is -2.46. The SMILES string of the molecule is C=C.CCN(CC)/C(=N\C(=O)OC(C)(C)C)NC(=O)OC(C)(C)C. The normalized spacial score (nSPS) is 11.8. The van der Waals surface area contributed by atoms with E-state index in [0.717, 1.165) is 0 Å². The van der Waals surface area contributed by atoms with Crippen molar-refractivity contribution in [1.82, 2.24) is 10.2 Å². The highest BCUT2D eigenvalue weighted by Crippen LogP contribution is 2.09. The van der Waals surface area contributed by atoms with Gasteiger partial charge in [-0.3, -0.25) is 5.32 Å². The molecule has 0 aliphatic rings. The minimum atomic E-state index is -0.759. The van der Waals surface area contributed by atoms with Crippen molar-refractivity contribution in [2.75, 3.05) is 13.1 Å². The molecule has 2 amide bonds. The first-order chi connectivity index (χ1) is 10.9. The Bertz CT molecular complexity index is 430. The molecule has 0 aromatic carbocycles. The van der Waals surface area contributed by atoms with Crippen molar-refractivity contribution in [2.45, 2.75) is 66.6 Å². The first kappa shape index (κ1) is 24.2. The van der Waals surface area contributed by atoms with Gasteiger partial charge in [0.25, 0.3) is 0 Å². The second-order valence-electron chi connectivity index (χ2n) is 6.71. The Morgan fingerprint density at radius 1 is 0.958 bits per heavy atom. The van der Waals surface area contributed by atoms with Crippen LogP contribution in [0.2, 0.25) is 0 Å². The van der Waals surface area contributed by atoms with Crippen molar-refractivity contribution in [1.29, 1.82) is 0 Å². The zero-order chi connectivity index (χ0) is 19.6. The van der Waals surface area contributed by atoms with Gasteiger partial charge >= 0.3 is 12.2 Å². The summed E-state index contributed by atoms with van der Waals surface area (Å²) in [6.45, 7) is 21.5. The lowest BCUT2D eigenvalue weighted by Gasteiger charge is -2.25. The molecule has 0 bridgehead atoms. The van der Waals surface area contributed by atoms with Crippen LogP contribution in [0.3, 0.4) is 0 Å². The molecule has 0 saturated heterocycles. The molecule has 0 heterocycles. The van der Waals surface area contributed by atoms with Crippen molar-refractivity contribution in [3.8, 4) is 0 Å². The predicted molar refractivity (Wildman–Crippen MR) is 97.2 cm³/mol. The minimum absolute atomic E-state index is 0.119. The van der Waals surface area contributed by atoms with E-state index in [2.05, 4.69) is 23.5 Å². The van der Waals surface area contributed by atoms with Gasteiger partial charge in [-0.2, -0.15) is 0 Å². The molecule has 0 fully saturated rings. The third-order valence-corrected chi connectivity index (χ3v) is 2.27. The van der Waals surface area contributed by atoms with Gasteiger partial charge in [0.1, 0.15) is 11.2 Å². The minimum Gasteiger partial charge on any atom is -0.444 e. The van der Waals surface area contributed by atoms with E-state index in [1.165, 1.54) is 0 Å². The van der Waals surface area contributed by atoms with Crippen LogP contribution in [-0.2, 0) is 9.47 Å². The van der Waals surface area contributed by atoms with Gasteiger partial charge in [0.2, 0.25) is 5.96 Å². The molecule has 0 atom stereocenters. The molecular formula is C17H33N3O4. The first-order valence-corrected chi connectivity index (χ1v) is 7.94. The van der Waals surface area contributed by atoms with E-state index < -0.39 is 23.4 Å². The highest BCUT2D eigenvalue weighted by atomic mass is 16.6. The van der Waals surface area contributed by atoms with Crippen molar-refractivity contribution in [2.24, 2.45) is 4.99 Å². The number of rotatable bonds is 2. The Morgan fingerprint density at radius 3 is 1.71 bits per heavy atom. The Hall–Kier alpha value is -2.05. The second-order valence-corrected chi connectivity index (χ2v) is 6.71. The van der Waals surface area contributed by atoms with Gasteiger partial charge in [-0.05, 0) is 55.4 Å². The predicted octanol–water partition coefficient (Wildman–Crippen LogP) is 3.95. The molecule has 24 heavy (non-hydrogen) atoms. The number of amides is 2. The number of nitrogens with one attached hydrogen (secondary N) is 1. The number of carbonyl (C=O) groups excluding carboxylic acids is 2. The third-order valence-electron chi connectivity index (χ3n) is 2.27.